The Morgan fingerprint density at radius 3 is 2.71 bits per heavy atom. The summed E-state index contributed by atoms with van der Waals surface area (Å²) in [6, 6.07) is 6.33. The van der Waals surface area contributed by atoms with Gasteiger partial charge in [0, 0.05) is 11.6 Å². The molecule has 5 nitrogen and oxygen atoms in total. The summed E-state index contributed by atoms with van der Waals surface area (Å²) in [6.07, 6.45) is 0.870. The van der Waals surface area contributed by atoms with Gasteiger partial charge in [-0.2, -0.15) is 4.99 Å². The Kier molecular flexibility index (Phi) is 4.01. The highest BCUT2D eigenvalue weighted by Crippen LogP contribution is 2.19. The standard InChI is InChI=1S/C12H14N2O3/c1-12(2,3)14-11(16)17-10-6-4-5-9(7-10)13-8-15/h4-7H,1-3H3,(H,14,16). The molecule has 1 rings (SSSR count). The number of hydrogen-bond acceptors (Lipinski definition) is 4. The van der Waals surface area contributed by atoms with Crippen molar-refractivity contribution in [3.63, 3.8) is 0 Å². The van der Waals surface area contributed by atoms with Gasteiger partial charge in [-0.15, -0.1) is 0 Å². The van der Waals surface area contributed by atoms with Crippen LogP contribution in [0.5, 0.6) is 5.75 Å². The Bertz CT molecular complexity index is 457. The van der Waals surface area contributed by atoms with Crippen molar-refractivity contribution in [3.05, 3.63) is 24.3 Å². The van der Waals surface area contributed by atoms with Gasteiger partial charge in [0.25, 0.3) is 0 Å². The van der Waals surface area contributed by atoms with E-state index >= 15 is 0 Å². The summed E-state index contributed by atoms with van der Waals surface area (Å²) in [6.45, 7) is 5.55. The van der Waals surface area contributed by atoms with E-state index in [2.05, 4.69) is 10.3 Å². The first-order chi connectivity index (χ1) is 7.90. The van der Waals surface area contributed by atoms with Crippen LogP contribution in [-0.4, -0.2) is 17.7 Å². The van der Waals surface area contributed by atoms with E-state index in [1.807, 2.05) is 20.8 Å². The second-order valence-electron chi connectivity index (χ2n) is 4.46. The van der Waals surface area contributed by atoms with Gasteiger partial charge in [-0.05, 0) is 32.9 Å². The number of carbonyl (C=O) groups excluding carboxylic acids is 2. The van der Waals surface area contributed by atoms with Crippen molar-refractivity contribution in [1.82, 2.24) is 5.32 Å². The molecule has 0 radical (unpaired) electrons. The summed E-state index contributed by atoms with van der Waals surface area (Å²) >= 11 is 0. The van der Waals surface area contributed by atoms with E-state index in [-0.39, 0.29) is 5.54 Å². The Labute approximate surface area is 99.5 Å². The number of carbonyl (C=O) groups is 1. The summed E-state index contributed by atoms with van der Waals surface area (Å²) in [5.74, 6) is 0.322. The lowest BCUT2D eigenvalue weighted by Gasteiger charge is -2.19. The fourth-order valence-electron chi connectivity index (χ4n) is 1.11. The quantitative estimate of drug-likeness (QED) is 0.631. The maximum Gasteiger partial charge on any atom is 0.413 e. The van der Waals surface area contributed by atoms with Crippen LogP contribution in [0.25, 0.3) is 0 Å². The number of nitrogens with one attached hydrogen (secondary N) is 1. The lowest BCUT2D eigenvalue weighted by molar-refractivity contribution is 0.190. The monoisotopic (exact) mass is 234 g/mol. The third-order valence-corrected chi connectivity index (χ3v) is 1.68. The minimum atomic E-state index is -0.551. The van der Waals surface area contributed by atoms with E-state index in [1.54, 1.807) is 18.2 Å². The largest absolute Gasteiger partial charge is 0.413 e. The topological polar surface area (TPSA) is 67.8 Å². The normalized spacial score (nSPS) is 10.3. The lowest BCUT2D eigenvalue weighted by Crippen LogP contribution is -2.42. The third-order valence-electron chi connectivity index (χ3n) is 1.68. The lowest BCUT2D eigenvalue weighted by atomic mass is 10.1. The number of isocyanates is 1. The van der Waals surface area contributed by atoms with Crippen LogP contribution >= 0.6 is 0 Å². The van der Waals surface area contributed by atoms with Crippen molar-refractivity contribution in [3.8, 4) is 5.75 Å². The van der Waals surface area contributed by atoms with Gasteiger partial charge in [0.05, 0.1) is 5.69 Å². The molecule has 0 aliphatic carbocycles. The number of benzene rings is 1. The fourth-order valence-corrected chi connectivity index (χ4v) is 1.11. The maximum absolute atomic E-state index is 11.5. The minimum Gasteiger partial charge on any atom is -0.410 e. The molecular formula is C12H14N2O3. The van der Waals surface area contributed by atoms with Crippen LogP contribution in [0, 0.1) is 0 Å². The van der Waals surface area contributed by atoms with Gasteiger partial charge in [-0.1, -0.05) is 6.07 Å². The zero-order valence-electron chi connectivity index (χ0n) is 9.98. The molecule has 1 amide bonds. The van der Waals surface area contributed by atoms with Crippen LogP contribution in [0.3, 0.4) is 0 Å². The Morgan fingerprint density at radius 1 is 1.41 bits per heavy atom. The highest BCUT2D eigenvalue weighted by atomic mass is 16.6. The molecule has 17 heavy (non-hydrogen) atoms. The molecule has 5 heteroatoms. The van der Waals surface area contributed by atoms with Crippen LogP contribution in [0.2, 0.25) is 0 Å². The summed E-state index contributed by atoms with van der Waals surface area (Å²) < 4.78 is 5.04. The molecule has 1 aromatic rings. The second-order valence-corrected chi connectivity index (χ2v) is 4.46. The first-order valence-corrected chi connectivity index (χ1v) is 5.09. The zero-order valence-corrected chi connectivity index (χ0v) is 9.98. The highest BCUT2D eigenvalue weighted by molar-refractivity contribution is 5.71. The third kappa shape index (κ3) is 4.95. The molecular weight excluding hydrogens is 220 g/mol. The summed E-state index contributed by atoms with van der Waals surface area (Å²) in [5.41, 5.74) is 0.0244. The van der Waals surface area contributed by atoms with Gasteiger partial charge in [0.15, 0.2) is 0 Å². The van der Waals surface area contributed by atoms with E-state index in [1.165, 1.54) is 12.1 Å². The van der Waals surface area contributed by atoms with Crippen molar-refractivity contribution >= 4 is 17.9 Å². The van der Waals surface area contributed by atoms with Gasteiger partial charge in [0.2, 0.25) is 6.08 Å². The molecule has 0 unspecified atom stereocenters. The van der Waals surface area contributed by atoms with Gasteiger partial charge < -0.3 is 10.1 Å². The molecule has 0 fully saturated rings. The molecule has 1 N–H and O–H groups in total. The van der Waals surface area contributed by atoms with Crippen molar-refractivity contribution < 1.29 is 14.3 Å². The van der Waals surface area contributed by atoms with Crippen LogP contribution in [-0.2, 0) is 4.79 Å². The second kappa shape index (κ2) is 5.27. The number of hydrogen-bond donors (Lipinski definition) is 1. The number of ether oxygens (including phenoxy) is 1. The van der Waals surface area contributed by atoms with Gasteiger partial charge in [-0.3, -0.25) is 0 Å². The fraction of sp³-hybridized carbons (Fsp3) is 0.333. The molecule has 0 saturated heterocycles. The van der Waals surface area contributed by atoms with Crippen molar-refractivity contribution in [2.45, 2.75) is 26.3 Å². The Balaban J connectivity index is 2.72. The van der Waals surface area contributed by atoms with Crippen LogP contribution in [0.4, 0.5) is 10.5 Å². The molecule has 0 aliphatic heterocycles. The first-order valence-electron chi connectivity index (χ1n) is 5.09. The molecule has 0 saturated carbocycles. The molecule has 1 aromatic carbocycles. The van der Waals surface area contributed by atoms with Crippen LogP contribution in [0.15, 0.2) is 29.3 Å². The van der Waals surface area contributed by atoms with Crippen molar-refractivity contribution in [2.75, 3.05) is 0 Å². The van der Waals surface area contributed by atoms with E-state index in [9.17, 15) is 9.59 Å². The summed E-state index contributed by atoms with van der Waals surface area (Å²) in [7, 11) is 0. The summed E-state index contributed by atoms with van der Waals surface area (Å²) in [4.78, 5) is 25.0. The number of rotatable bonds is 2. The maximum atomic E-state index is 11.5. The molecule has 0 atom stereocenters. The number of nitrogens with zero attached hydrogens (tertiary/aromatic N) is 1. The van der Waals surface area contributed by atoms with Gasteiger partial charge in [0.1, 0.15) is 5.75 Å². The van der Waals surface area contributed by atoms with Crippen LogP contribution < -0.4 is 10.1 Å². The SMILES string of the molecule is CC(C)(C)NC(=O)Oc1cccc(N=C=O)c1. The van der Waals surface area contributed by atoms with Crippen molar-refractivity contribution in [1.29, 1.82) is 0 Å². The van der Waals surface area contributed by atoms with E-state index < -0.39 is 6.09 Å². The molecule has 90 valence electrons. The highest BCUT2D eigenvalue weighted by Gasteiger charge is 2.15. The predicted octanol–water partition coefficient (Wildman–Crippen LogP) is 2.54. The average molecular weight is 234 g/mol. The van der Waals surface area contributed by atoms with E-state index in [4.69, 9.17) is 4.74 Å². The number of aliphatic imine (C=N–C) groups is 1. The molecule has 0 spiro atoms. The molecule has 0 heterocycles. The van der Waals surface area contributed by atoms with Gasteiger partial charge in [-0.25, -0.2) is 9.59 Å². The van der Waals surface area contributed by atoms with Gasteiger partial charge >= 0.3 is 6.09 Å². The van der Waals surface area contributed by atoms with E-state index in [0.717, 1.165) is 0 Å². The predicted molar refractivity (Wildman–Crippen MR) is 63.1 cm³/mol. The minimum absolute atomic E-state index is 0.322. The summed E-state index contributed by atoms with van der Waals surface area (Å²) in [5, 5.41) is 2.65. The van der Waals surface area contributed by atoms with Crippen LogP contribution in [0.1, 0.15) is 20.8 Å². The number of amides is 1. The molecule has 0 aromatic heterocycles. The zero-order chi connectivity index (χ0) is 12.9. The Hall–Kier alpha value is -2.13. The first kappa shape index (κ1) is 12.9. The molecule has 0 aliphatic rings. The Morgan fingerprint density at radius 2 is 2.12 bits per heavy atom. The van der Waals surface area contributed by atoms with Crippen molar-refractivity contribution in [2.24, 2.45) is 4.99 Å². The molecule has 0 bridgehead atoms. The average Bonchev–Trinajstić information content (AvgIpc) is 2.15. The van der Waals surface area contributed by atoms with E-state index in [0.29, 0.717) is 11.4 Å². The smallest absolute Gasteiger partial charge is 0.410 e.